The van der Waals surface area contributed by atoms with Gasteiger partial charge in [-0.1, -0.05) is 12.1 Å². The van der Waals surface area contributed by atoms with Crippen LogP contribution < -0.4 is 10.2 Å². The van der Waals surface area contributed by atoms with Crippen LogP contribution in [0.2, 0.25) is 0 Å². The van der Waals surface area contributed by atoms with E-state index in [9.17, 15) is 4.79 Å². The Hall–Kier alpha value is -2.67. The molecule has 0 atom stereocenters. The highest BCUT2D eigenvalue weighted by molar-refractivity contribution is 7.08. The molecule has 4 rings (SSSR count). The largest absolute Gasteiger partial charge is 0.444 e. The van der Waals surface area contributed by atoms with Crippen LogP contribution in [0, 0.1) is 0 Å². The van der Waals surface area contributed by atoms with Gasteiger partial charge in [-0.2, -0.15) is 11.3 Å². The molecule has 1 fully saturated rings. The molecule has 6 nitrogen and oxygen atoms in total. The standard InChI is InChI=1S/C22H26N4O2S/c1-22(2,3)28-21(27)23-16-8-11-26(12-9-16)20-17-6-4-5-7-18(17)24-19(25-20)15-10-13-29-14-15/h4-7,10,13-14,16H,8-9,11-12H2,1-3H3,(H,23,27). The Morgan fingerprint density at radius 3 is 2.62 bits per heavy atom. The minimum Gasteiger partial charge on any atom is -0.444 e. The van der Waals surface area contributed by atoms with Crippen molar-refractivity contribution in [3.63, 3.8) is 0 Å². The first-order valence-electron chi connectivity index (χ1n) is 9.93. The van der Waals surface area contributed by atoms with E-state index in [0.29, 0.717) is 0 Å². The molecule has 1 aromatic carbocycles. The van der Waals surface area contributed by atoms with E-state index >= 15 is 0 Å². The fraction of sp³-hybridized carbons (Fsp3) is 0.409. The van der Waals surface area contributed by atoms with Gasteiger partial charge >= 0.3 is 6.09 Å². The molecule has 2 aromatic heterocycles. The lowest BCUT2D eigenvalue weighted by Crippen LogP contribution is -2.46. The Balaban J connectivity index is 1.52. The number of thiophene rings is 1. The first-order valence-corrected chi connectivity index (χ1v) is 10.9. The lowest BCUT2D eigenvalue weighted by atomic mass is 10.0. The number of carbonyl (C=O) groups is 1. The van der Waals surface area contributed by atoms with Crippen LogP contribution >= 0.6 is 11.3 Å². The molecule has 1 amide bonds. The third kappa shape index (κ3) is 4.67. The second-order valence-electron chi connectivity index (χ2n) is 8.31. The number of alkyl carbamates (subject to hydrolysis) is 1. The van der Waals surface area contributed by atoms with Gasteiger partial charge in [0, 0.05) is 35.5 Å². The number of carbonyl (C=O) groups excluding carboxylic acids is 1. The van der Waals surface area contributed by atoms with E-state index in [1.165, 1.54) is 0 Å². The molecule has 1 N–H and O–H groups in total. The van der Waals surface area contributed by atoms with Gasteiger partial charge in [0.15, 0.2) is 5.82 Å². The number of nitrogens with one attached hydrogen (secondary N) is 1. The number of benzene rings is 1. The molecular formula is C22H26N4O2S. The summed E-state index contributed by atoms with van der Waals surface area (Å²) in [5.41, 5.74) is 1.51. The number of hydrogen-bond donors (Lipinski definition) is 1. The van der Waals surface area contributed by atoms with E-state index in [0.717, 1.165) is 54.0 Å². The summed E-state index contributed by atoms with van der Waals surface area (Å²) in [6.07, 6.45) is 1.36. The average molecular weight is 411 g/mol. The Labute approximate surface area is 174 Å². The minimum atomic E-state index is -0.483. The van der Waals surface area contributed by atoms with Crippen molar-refractivity contribution in [3.05, 3.63) is 41.1 Å². The van der Waals surface area contributed by atoms with Gasteiger partial charge in [0.1, 0.15) is 11.4 Å². The SMILES string of the molecule is CC(C)(C)OC(=O)NC1CCN(c2nc(-c3ccsc3)nc3ccccc23)CC1. The van der Waals surface area contributed by atoms with Crippen molar-refractivity contribution in [1.29, 1.82) is 0 Å². The van der Waals surface area contributed by atoms with E-state index in [1.54, 1.807) is 11.3 Å². The van der Waals surface area contributed by atoms with Gasteiger partial charge in [-0.15, -0.1) is 0 Å². The number of ether oxygens (including phenoxy) is 1. The molecule has 0 bridgehead atoms. The number of fused-ring (bicyclic) bond motifs is 1. The third-order valence-electron chi connectivity index (χ3n) is 4.88. The zero-order chi connectivity index (χ0) is 20.4. The van der Waals surface area contributed by atoms with Crippen LogP contribution in [0.15, 0.2) is 41.1 Å². The monoisotopic (exact) mass is 410 g/mol. The molecule has 3 heterocycles. The molecule has 1 saturated heterocycles. The van der Waals surface area contributed by atoms with E-state index in [2.05, 4.69) is 27.7 Å². The number of nitrogens with zero attached hydrogens (tertiary/aromatic N) is 3. The number of amides is 1. The van der Waals surface area contributed by atoms with Crippen LogP contribution in [0.25, 0.3) is 22.3 Å². The zero-order valence-corrected chi connectivity index (χ0v) is 17.8. The summed E-state index contributed by atoms with van der Waals surface area (Å²) in [5, 5.41) is 8.18. The zero-order valence-electron chi connectivity index (χ0n) is 17.0. The van der Waals surface area contributed by atoms with E-state index in [1.807, 2.05) is 44.4 Å². The van der Waals surface area contributed by atoms with Crippen molar-refractivity contribution < 1.29 is 9.53 Å². The van der Waals surface area contributed by atoms with Crippen molar-refractivity contribution in [1.82, 2.24) is 15.3 Å². The number of para-hydroxylation sites is 1. The van der Waals surface area contributed by atoms with Crippen LogP contribution in [0.3, 0.4) is 0 Å². The molecule has 0 radical (unpaired) electrons. The summed E-state index contributed by atoms with van der Waals surface area (Å²) in [5.74, 6) is 1.72. The van der Waals surface area contributed by atoms with Crippen LogP contribution in [0.1, 0.15) is 33.6 Å². The van der Waals surface area contributed by atoms with Crippen LogP contribution in [-0.4, -0.2) is 40.8 Å². The number of anilines is 1. The van der Waals surface area contributed by atoms with Gasteiger partial charge < -0.3 is 15.0 Å². The summed E-state index contributed by atoms with van der Waals surface area (Å²) in [4.78, 5) is 24.0. The molecule has 152 valence electrons. The minimum absolute atomic E-state index is 0.116. The molecule has 29 heavy (non-hydrogen) atoms. The fourth-order valence-corrected chi connectivity index (χ4v) is 4.17. The maximum atomic E-state index is 12.1. The van der Waals surface area contributed by atoms with Gasteiger partial charge in [0.05, 0.1) is 5.52 Å². The second-order valence-corrected chi connectivity index (χ2v) is 9.09. The van der Waals surface area contributed by atoms with Crippen molar-refractivity contribution in [2.75, 3.05) is 18.0 Å². The predicted octanol–water partition coefficient (Wildman–Crippen LogP) is 4.85. The van der Waals surface area contributed by atoms with Gasteiger partial charge in [-0.05, 0) is 57.2 Å². The van der Waals surface area contributed by atoms with Gasteiger partial charge in [0.25, 0.3) is 0 Å². The maximum absolute atomic E-state index is 12.1. The summed E-state index contributed by atoms with van der Waals surface area (Å²) in [6.45, 7) is 7.27. The Morgan fingerprint density at radius 2 is 1.93 bits per heavy atom. The highest BCUT2D eigenvalue weighted by atomic mass is 32.1. The van der Waals surface area contributed by atoms with E-state index in [4.69, 9.17) is 14.7 Å². The van der Waals surface area contributed by atoms with E-state index < -0.39 is 5.60 Å². The highest BCUT2D eigenvalue weighted by Gasteiger charge is 2.25. The van der Waals surface area contributed by atoms with Crippen molar-refractivity contribution in [2.45, 2.75) is 45.3 Å². The summed E-state index contributed by atoms with van der Waals surface area (Å²) in [7, 11) is 0. The van der Waals surface area contributed by atoms with Crippen LogP contribution in [0.5, 0.6) is 0 Å². The Morgan fingerprint density at radius 1 is 1.17 bits per heavy atom. The topological polar surface area (TPSA) is 67.3 Å². The first-order chi connectivity index (χ1) is 13.9. The van der Waals surface area contributed by atoms with Gasteiger partial charge in [-0.3, -0.25) is 0 Å². The van der Waals surface area contributed by atoms with Crippen LogP contribution in [0.4, 0.5) is 10.6 Å². The van der Waals surface area contributed by atoms with Crippen LogP contribution in [-0.2, 0) is 4.74 Å². The molecule has 7 heteroatoms. The van der Waals surface area contributed by atoms with Crippen molar-refractivity contribution >= 4 is 34.2 Å². The van der Waals surface area contributed by atoms with Crippen molar-refractivity contribution in [2.24, 2.45) is 0 Å². The summed E-state index contributed by atoms with van der Waals surface area (Å²) >= 11 is 1.65. The second kappa shape index (κ2) is 7.99. The molecule has 3 aromatic rings. The lowest BCUT2D eigenvalue weighted by molar-refractivity contribution is 0.0497. The van der Waals surface area contributed by atoms with Gasteiger partial charge in [-0.25, -0.2) is 14.8 Å². The fourth-order valence-electron chi connectivity index (χ4n) is 3.53. The average Bonchev–Trinajstić information content (AvgIpc) is 3.21. The summed E-state index contributed by atoms with van der Waals surface area (Å²) < 4.78 is 5.38. The third-order valence-corrected chi connectivity index (χ3v) is 5.56. The lowest BCUT2D eigenvalue weighted by Gasteiger charge is -2.34. The number of hydrogen-bond acceptors (Lipinski definition) is 6. The Kier molecular flexibility index (Phi) is 5.41. The number of aromatic nitrogens is 2. The van der Waals surface area contributed by atoms with E-state index in [-0.39, 0.29) is 12.1 Å². The molecule has 0 aliphatic carbocycles. The Bertz CT molecular complexity index is 990. The number of piperidine rings is 1. The molecular weight excluding hydrogens is 384 g/mol. The predicted molar refractivity (Wildman–Crippen MR) is 117 cm³/mol. The molecule has 0 spiro atoms. The van der Waals surface area contributed by atoms with Crippen molar-refractivity contribution in [3.8, 4) is 11.4 Å². The smallest absolute Gasteiger partial charge is 0.407 e. The molecule has 1 aliphatic rings. The van der Waals surface area contributed by atoms with Gasteiger partial charge in [0.2, 0.25) is 0 Å². The molecule has 1 aliphatic heterocycles. The first kappa shape index (κ1) is 19.6. The highest BCUT2D eigenvalue weighted by Crippen LogP contribution is 2.30. The maximum Gasteiger partial charge on any atom is 0.407 e. The number of rotatable bonds is 3. The molecule has 0 saturated carbocycles. The quantitative estimate of drug-likeness (QED) is 0.668. The normalized spacial score (nSPS) is 15.5. The summed E-state index contributed by atoms with van der Waals surface area (Å²) in [6, 6.07) is 10.3. The molecule has 0 unspecified atom stereocenters.